The van der Waals surface area contributed by atoms with Gasteiger partial charge in [-0.05, 0) is 45.4 Å². The molecule has 1 heterocycles. The second-order valence-electron chi connectivity index (χ2n) is 6.22. The van der Waals surface area contributed by atoms with Gasteiger partial charge in [-0.3, -0.25) is 4.90 Å². The first-order chi connectivity index (χ1) is 9.12. The van der Waals surface area contributed by atoms with E-state index in [1.54, 1.807) is 0 Å². The highest BCUT2D eigenvalue weighted by Crippen LogP contribution is 2.16. The smallest absolute Gasteiger partial charge is 0.0221 e. The van der Waals surface area contributed by atoms with Crippen LogP contribution in [-0.4, -0.2) is 61.7 Å². The van der Waals surface area contributed by atoms with E-state index < -0.39 is 0 Å². The van der Waals surface area contributed by atoms with E-state index in [1.165, 1.54) is 45.4 Å². The summed E-state index contributed by atoms with van der Waals surface area (Å²) in [6.45, 7) is 15.3. The van der Waals surface area contributed by atoms with Crippen molar-refractivity contribution >= 4 is 0 Å². The number of rotatable bonds is 7. The fourth-order valence-corrected chi connectivity index (χ4v) is 3.17. The molecule has 0 radical (unpaired) electrons. The van der Waals surface area contributed by atoms with E-state index in [-0.39, 0.29) is 0 Å². The highest BCUT2D eigenvalue weighted by Gasteiger charge is 2.25. The zero-order valence-corrected chi connectivity index (χ0v) is 13.8. The van der Waals surface area contributed by atoms with Crippen LogP contribution >= 0.6 is 0 Å². The Morgan fingerprint density at radius 1 is 1.21 bits per heavy atom. The lowest BCUT2D eigenvalue weighted by atomic mass is 9.97. The number of nitrogens with zero attached hydrogens (tertiary/aromatic N) is 2. The summed E-state index contributed by atoms with van der Waals surface area (Å²) in [5.41, 5.74) is 0. The predicted octanol–water partition coefficient (Wildman–Crippen LogP) is 2.43. The molecule has 3 nitrogen and oxygen atoms in total. The molecule has 1 aliphatic rings. The van der Waals surface area contributed by atoms with Crippen LogP contribution in [0, 0.1) is 5.92 Å². The van der Waals surface area contributed by atoms with Gasteiger partial charge in [0.1, 0.15) is 0 Å². The van der Waals surface area contributed by atoms with E-state index in [2.05, 4.69) is 49.9 Å². The maximum atomic E-state index is 3.70. The third kappa shape index (κ3) is 5.41. The number of hydrogen-bond acceptors (Lipinski definition) is 3. The van der Waals surface area contributed by atoms with Crippen LogP contribution in [0.3, 0.4) is 0 Å². The molecular weight excluding hydrogens is 234 g/mol. The Hall–Kier alpha value is -0.120. The molecule has 0 amide bonds. The molecule has 0 aromatic rings. The molecule has 1 fully saturated rings. The molecule has 0 bridgehead atoms. The molecule has 19 heavy (non-hydrogen) atoms. The van der Waals surface area contributed by atoms with Crippen molar-refractivity contribution in [3.05, 3.63) is 0 Å². The Labute approximate surface area is 120 Å². The molecule has 0 spiro atoms. The van der Waals surface area contributed by atoms with Crippen LogP contribution in [0.25, 0.3) is 0 Å². The minimum Gasteiger partial charge on any atom is -0.313 e. The first-order valence-electron chi connectivity index (χ1n) is 8.28. The average molecular weight is 269 g/mol. The van der Waals surface area contributed by atoms with Crippen LogP contribution in [0.4, 0.5) is 0 Å². The normalized spacial score (nSPS) is 26.1. The molecule has 0 aromatic heterocycles. The fourth-order valence-electron chi connectivity index (χ4n) is 3.17. The second kappa shape index (κ2) is 8.93. The number of nitrogens with one attached hydrogen (secondary N) is 1. The van der Waals surface area contributed by atoms with Crippen LogP contribution in [0.15, 0.2) is 0 Å². The third-order valence-corrected chi connectivity index (χ3v) is 4.72. The first-order valence-corrected chi connectivity index (χ1v) is 8.28. The summed E-state index contributed by atoms with van der Waals surface area (Å²) < 4.78 is 0. The molecule has 1 aliphatic heterocycles. The van der Waals surface area contributed by atoms with Crippen molar-refractivity contribution in [2.45, 2.75) is 59.0 Å². The Kier molecular flexibility index (Phi) is 7.96. The van der Waals surface area contributed by atoms with Gasteiger partial charge in [-0.25, -0.2) is 0 Å². The molecule has 1 rings (SSSR count). The Morgan fingerprint density at radius 2 is 1.95 bits per heavy atom. The van der Waals surface area contributed by atoms with E-state index in [1.807, 2.05) is 0 Å². The average Bonchev–Trinajstić information content (AvgIpc) is 2.59. The van der Waals surface area contributed by atoms with Gasteiger partial charge in [-0.2, -0.15) is 0 Å². The van der Waals surface area contributed by atoms with Crippen molar-refractivity contribution in [1.82, 2.24) is 15.1 Å². The largest absolute Gasteiger partial charge is 0.313 e. The maximum Gasteiger partial charge on any atom is 0.0221 e. The van der Waals surface area contributed by atoms with Crippen molar-refractivity contribution in [2.75, 3.05) is 39.8 Å². The summed E-state index contributed by atoms with van der Waals surface area (Å²) in [7, 11) is 2.27. The molecule has 114 valence electrons. The highest BCUT2D eigenvalue weighted by atomic mass is 15.2. The molecule has 3 atom stereocenters. The van der Waals surface area contributed by atoms with E-state index in [0.29, 0.717) is 6.04 Å². The van der Waals surface area contributed by atoms with E-state index in [9.17, 15) is 0 Å². The lowest BCUT2D eigenvalue weighted by Crippen LogP contribution is -2.49. The molecule has 0 aromatic carbocycles. The van der Waals surface area contributed by atoms with Crippen LogP contribution in [-0.2, 0) is 0 Å². The Balaban J connectivity index is 2.63. The maximum absolute atomic E-state index is 3.70. The second-order valence-corrected chi connectivity index (χ2v) is 6.22. The topological polar surface area (TPSA) is 18.5 Å². The van der Waals surface area contributed by atoms with E-state index in [0.717, 1.165) is 18.5 Å². The standard InChI is InChI=1S/C16H35N3/c1-6-14(4)16(17-8-3)13-19-11-9-10-18(5)12-15(19)7-2/h14-17H,6-13H2,1-5H3. The van der Waals surface area contributed by atoms with Crippen molar-refractivity contribution < 1.29 is 0 Å². The SMILES string of the molecule is CCNC(CN1CCCN(C)CC1CC)C(C)CC. The van der Waals surface area contributed by atoms with Gasteiger partial charge in [-0.1, -0.05) is 34.1 Å². The minimum atomic E-state index is 0.646. The lowest BCUT2D eigenvalue weighted by molar-refractivity contribution is 0.150. The van der Waals surface area contributed by atoms with Crippen molar-refractivity contribution in [3.63, 3.8) is 0 Å². The zero-order chi connectivity index (χ0) is 14.3. The summed E-state index contributed by atoms with van der Waals surface area (Å²) in [6, 6.07) is 1.38. The quantitative estimate of drug-likeness (QED) is 0.766. The summed E-state index contributed by atoms with van der Waals surface area (Å²) in [6.07, 6.45) is 3.85. The number of likely N-dealkylation sites (N-methyl/N-ethyl adjacent to an activating group) is 2. The van der Waals surface area contributed by atoms with Gasteiger partial charge >= 0.3 is 0 Å². The summed E-state index contributed by atoms with van der Waals surface area (Å²) in [5.74, 6) is 0.762. The Morgan fingerprint density at radius 3 is 2.53 bits per heavy atom. The van der Waals surface area contributed by atoms with Gasteiger partial charge in [-0.15, -0.1) is 0 Å². The van der Waals surface area contributed by atoms with Gasteiger partial charge in [0.15, 0.2) is 0 Å². The van der Waals surface area contributed by atoms with E-state index in [4.69, 9.17) is 0 Å². The summed E-state index contributed by atoms with van der Waals surface area (Å²) in [4.78, 5) is 5.24. The molecule has 0 saturated carbocycles. The van der Waals surface area contributed by atoms with Crippen LogP contribution in [0.1, 0.15) is 47.0 Å². The monoisotopic (exact) mass is 269 g/mol. The molecule has 3 unspecified atom stereocenters. The third-order valence-electron chi connectivity index (χ3n) is 4.72. The van der Waals surface area contributed by atoms with Crippen molar-refractivity contribution in [2.24, 2.45) is 5.92 Å². The Bertz CT molecular complexity index is 232. The van der Waals surface area contributed by atoms with Crippen molar-refractivity contribution in [3.8, 4) is 0 Å². The van der Waals surface area contributed by atoms with Gasteiger partial charge in [0.2, 0.25) is 0 Å². The minimum absolute atomic E-state index is 0.646. The predicted molar refractivity (Wildman–Crippen MR) is 84.7 cm³/mol. The van der Waals surface area contributed by atoms with Gasteiger partial charge < -0.3 is 10.2 Å². The van der Waals surface area contributed by atoms with Gasteiger partial charge in [0.05, 0.1) is 0 Å². The molecule has 1 N–H and O–H groups in total. The lowest BCUT2D eigenvalue weighted by Gasteiger charge is -2.35. The highest BCUT2D eigenvalue weighted by molar-refractivity contribution is 4.83. The zero-order valence-electron chi connectivity index (χ0n) is 13.8. The van der Waals surface area contributed by atoms with Crippen LogP contribution in [0.2, 0.25) is 0 Å². The first kappa shape index (κ1) is 16.9. The van der Waals surface area contributed by atoms with Gasteiger partial charge in [0.25, 0.3) is 0 Å². The molecular formula is C16H35N3. The number of hydrogen-bond donors (Lipinski definition) is 1. The van der Waals surface area contributed by atoms with Gasteiger partial charge in [0, 0.05) is 25.2 Å². The van der Waals surface area contributed by atoms with E-state index >= 15 is 0 Å². The summed E-state index contributed by atoms with van der Waals surface area (Å²) >= 11 is 0. The van der Waals surface area contributed by atoms with Crippen LogP contribution in [0.5, 0.6) is 0 Å². The molecule has 0 aliphatic carbocycles. The molecule has 1 saturated heterocycles. The fraction of sp³-hybridized carbons (Fsp3) is 1.00. The summed E-state index contributed by atoms with van der Waals surface area (Å²) in [5, 5.41) is 3.70. The van der Waals surface area contributed by atoms with Crippen molar-refractivity contribution in [1.29, 1.82) is 0 Å². The molecule has 3 heteroatoms. The van der Waals surface area contributed by atoms with Crippen LogP contribution < -0.4 is 5.32 Å².